The molecule has 0 aliphatic carbocycles. The summed E-state index contributed by atoms with van der Waals surface area (Å²) < 4.78 is 5.26. The van der Waals surface area contributed by atoms with E-state index in [1.165, 1.54) is 0 Å². The zero-order valence-electron chi connectivity index (χ0n) is 21.4. The van der Waals surface area contributed by atoms with Crippen LogP contribution in [0.2, 0.25) is 5.02 Å². The maximum absolute atomic E-state index is 13.2. The molecular formula is C28H32ClN5O3. The summed E-state index contributed by atoms with van der Waals surface area (Å²) in [4.78, 5) is 32.0. The number of methoxy groups -OCH3 is 1. The Morgan fingerprint density at radius 2 is 1.76 bits per heavy atom. The van der Waals surface area contributed by atoms with Gasteiger partial charge in [-0.15, -0.1) is 10.2 Å². The minimum Gasteiger partial charge on any atom is -0.497 e. The SMILES string of the molecule is COc1cccc(C(=O)N(CC(=O)N2CCN(c3ccc(-c4ccccc4Cl)nn3)CC2)CC(C)C)c1. The summed E-state index contributed by atoms with van der Waals surface area (Å²) in [5, 5.41) is 9.38. The summed E-state index contributed by atoms with van der Waals surface area (Å²) in [6, 6.07) is 18.4. The van der Waals surface area contributed by atoms with E-state index in [9.17, 15) is 9.59 Å². The molecule has 0 unspecified atom stereocenters. The van der Waals surface area contributed by atoms with Crippen LogP contribution in [0.1, 0.15) is 24.2 Å². The van der Waals surface area contributed by atoms with Crippen LogP contribution in [0, 0.1) is 5.92 Å². The Morgan fingerprint density at radius 3 is 2.41 bits per heavy atom. The molecule has 0 spiro atoms. The van der Waals surface area contributed by atoms with E-state index in [0.29, 0.717) is 54.8 Å². The quantitative estimate of drug-likeness (QED) is 0.441. The molecule has 9 heteroatoms. The van der Waals surface area contributed by atoms with Crippen molar-refractivity contribution in [3.63, 3.8) is 0 Å². The Morgan fingerprint density at radius 1 is 1.00 bits per heavy atom. The number of anilines is 1. The summed E-state index contributed by atoms with van der Waals surface area (Å²) >= 11 is 6.28. The van der Waals surface area contributed by atoms with Crippen molar-refractivity contribution in [2.24, 2.45) is 5.92 Å². The van der Waals surface area contributed by atoms with E-state index in [4.69, 9.17) is 16.3 Å². The Labute approximate surface area is 222 Å². The number of ether oxygens (including phenoxy) is 1. The van der Waals surface area contributed by atoms with Crippen molar-refractivity contribution in [2.45, 2.75) is 13.8 Å². The van der Waals surface area contributed by atoms with Gasteiger partial charge in [-0.2, -0.15) is 0 Å². The predicted molar refractivity (Wildman–Crippen MR) is 145 cm³/mol. The van der Waals surface area contributed by atoms with Crippen LogP contribution in [-0.4, -0.2) is 78.2 Å². The number of nitrogens with zero attached hydrogens (tertiary/aromatic N) is 5. The first-order valence-electron chi connectivity index (χ1n) is 12.4. The molecule has 2 heterocycles. The molecule has 1 aliphatic heterocycles. The van der Waals surface area contributed by atoms with Crippen molar-refractivity contribution in [2.75, 3.05) is 51.3 Å². The third kappa shape index (κ3) is 6.57. The van der Waals surface area contributed by atoms with Crippen molar-refractivity contribution in [3.8, 4) is 17.0 Å². The van der Waals surface area contributed by atoms with Crippen LogP contribution in [-0.2, 0) is 4.79 Å². The zero-order chi connectivity index (χ0) is 26.4. The van der Waals surface area contributed by atoms with E-state index in [-0.39, 0.29) is 24.3 Å². The highest BCUT2D eigenvalue weighted by molar-refractivity contribution is 6.33. The number of aromatic nitrogens is 2. The largest absolute Gasteiger partial charge is 0.497 e. The van der Waals surface area contributed by atoms with Gasteiger partial charge in [-0.25, -0.2) is 0 Å². The van der Waals surface area contributed by atoms with E-state index in [1.54, 1.807) is 36.3 Å². The average molecular weight is 522 g/mol. The number of amides is 2. The van der Waals surface area contributed by atoms with E-state index >= 15 is 0 Å². The van der Waals surface area contributed by atoms with Crippen LogP contribution in [0.4, 0.5) is 5.82 Å². The van der Waals surface area contributed by atoms with E-state index in [1.807, 2.05) is 55.1 Å². The first-order valence-corrected chi connectivity index (χ1v) is 12.8. The Hall–Kier alpha value is -3.65. The molecule has 37 heavy (non-hydrogen) atoms. The van der Waals surface area contributed by atoms with Crippen LogP contribution < -0.4 is 9.64 Å². The monoisotopic (exact) mass is 521 g/mol. The minimum absolute atomic E-state index is 0.0422. The standard InChI is InChI=1S/C28H32ClN5O3/c1-20(2)18-34(28(36)21-7-6-8-22(17-21)37-3)19-27(35)33-15-13-32(14-16-33)26-12-11-25(30-31-26)23-9-4-5-10-24(23)29/h4-12,17,20H,13-16,18-19H2,1-3H3. The Kier molecular flexibility index (Phi) is 8.61. The summed E-state index contributed by atoms with van der Waals surface area (Å²) in [5.41, 5.74) is 2.07. The number of piperazine rings is 1. The molecule has 1 aliphatic rings. The van der Waals surface area contributed by atoms with Crippen LogP contribution in [0.3, 0.4) is 0 Å². The second-order valence-corrected chi connectivity index (χ2v) is 9.84. The van der Waals surface area contributed by atoms with Crippen LogP contribution in [0.5, 0.6) is 5.75 Å². The van der Waals surface area contributed by atoms with Gasteiger partial charge in [0.2, 0.25) is 5.91 Å². The highest BCUT2D eigenvalue weighted by atomic mass is 35.5. The van der Waals surface area contributed by atoms with E-state index in [0.717, 1.165) is 11.4 Å². The molecule has 0 bridgehead atoms. The number of halogens is 1. The van der Waals surface area contributed by atoms with Gasteiger partial charge in [0.25, 0.3) is 5.91 Å². The van der Waals surface area contributed by atoms with Gasteiger partial charge < -0.3 is 19.4 Å². The lowest BCUT2D eigenvalue weighted by Gasteiger charge is -2.36. The molecule has 4 rings (SSSR count). The maximum Gasteiger partial charge on any atom is 0.254 e. The zero-order valence-corrected chi connectivity index (χ0v) is 22.2. The summed E-state index contributed by atoms with van der Waals surface area (Å²) in [6.07, 6.45) is 0. The van der Waals surface area contributed by atoms with Crippen molar-refractivity contribution in [3.05, 3.63) is 71.2 Å². The summed E-state index contributed by atoms with van der Waals surface area (Å²) in [7, 11) is 1.57. The second kappa shape index (κ2) is 12.1. The van der Waals surface area contributed by atoms with E-state index in [2.05, 4.69) is 15.1 Å². The predicted octanol–water partition coefficient (Wildman–Crippen LogP) is 4.25. The molecule has 8 nitrogen and oxygen atoms in total. The first-order chi connectivity index (χ1) is 17.9. The fourth-order valence-corrected chi connectivity index (χ4v) is 4.59. The smallest absolute Gasteiger partial charge is 0.254 e. The fourth-order valence-electron chi connectivity index (χ4n) is 4.35. The molecule has 0 N–H and O–H groups in total. The van der Waals surface area contributed by atoms with Gasteiger partial charge in [0, 0.05) is 43.9 Å². The lowest BCUT2D eigenvalue weighted by molar-refractivity contribution is -0.132. The molecule has 1 aromatic heterocycles. The summed E-state index contributed by atoms with van der Waals surface area (Å²) in [6.45, 7) is 6.99. The lowest BCUT2D eigenvalue weighted by atomic mass is 10.1. The van der Waals surface area contributed by atoms with Gasteiger partial charge in [0.1, 0.15) is 12.3 Å². The molecular weight excluding hydrogens is 490 g/mol. The molecule has 0 saturated carbocycles. The molecule has 1 saturated heterocycles. The third-order valence-corrected chi connectivity index (χ3v) is 6.60. The van der Waals surface area contributed by atoms with Gasteiger partial charge in [-0.1, -0.05) is 49.7 Å². The van der Waals surface area contributed by atoms with Gasteiger partial charge >= 0.3 is 0 Å². The van der Waals surface area contributed by atoms with Crippen molar-refractivity contribution in [1.82, 2.24) is 20.0 Å². The number of carbonyl (C=O) groups is 2. The third-order valence-electron chi connectivity index (χ3n) is 6.27. The Balaban J connectivity index is 1.36. The number of benzene rings is 2. The molecule has 2 aromatic carbocycles. The molecule has 2 amide bonds. The fraction of sp³-hybridized carbons (Fsp3) is 0.357. The highest BCUT2D eigenvalue weighted by Crippen LogP contribution is 2.26. The minimum atomic E-state index is -0.173. The van der Waals surface area contributed by atoms with Crippen molar-refractivity contribution in [1.29, 1.82) is 0 Å². The number of hydrogen-bond donors (Lipinski definition) is 0. The van der Waals surface area contributed by atoms with E-state index < -0.39 is 0 Å². The molecule has 194 valence electrons. The van der Waals surface area contributed by atoms with Gasteiger partial charge in [0.05, 0.1) is 17.8 Å². The molecule has 0 radical (unpaired) electrons. The van der Waals surface area contributed by atoms with Crippen molar-refractivity contribution < 1.29 is 14.3 Å². The molecule has 3 aromatic rings. The van der Waals surface area contributed by atoms with Gasteiger partial charge in [-0.3, -0.25) is 9.59 Å². The van der Waals surface area contributed by atoms with Crippen LogP contribution in [0.15, 0.2) is 60.7 Å². The molecule has 0 atom stereocenters. The summed E-state index contributed by atoms with van der Waals surface area (Å²) in [5.74, 6) is 1.37. The number of carbonyl (C=O) groups excluding carboxylic acids is 2. The van der Waals surface area contributed by atoms with Crippen LogP contribution >= 0.6 is 11.6 Å². The maximum atomic E-state index is 13.2. The van der Waals surface area contributed by atoms with Gasteiger partial charge in [0.15, 0.2) is 5.82 Å². The lowest BCUT2D eigenvalue weighted by Crippen LogP contribution is -2.52. The average Bonchev–Trinajstić information content (AvgIpc) is 2.92. The Bertz CT molecular complexity index is 1230. The van der Waals surface area contributed by atoms with Crippen molar-refractivity contribution >= 4 is 29.2 Å². The van der Waals surface area contributed by atoms with Crippen LogP contribution in [0.25, 0.3) is 11.3 Å². The normalized spacial score (nSPS) is 13.5. The second-order valence-electron chi connectivity index (χ2n) is 9.44. The topological polar surface area (TPSA) is 78.9 Å². The number of rotatable bonds is 8. The van der Waals surface area contributed by atoms with Gasteiger partial charge in [-0.05, 0) is 42.3 Å². The first kappa shape index (κ1) is 26.4. The molecule has 1 fully saturated rings. The number of hydrogen-bond acceptors (Lipinski definition) is 6. The highest BCUT2D eigenvalue weighted by Gasteiger charge is 2.26.